The minimum atomic E-state index is 0.239. The number of hydrogen-bond acceptors (Lipinski definition) is 2. The summed E-state index contributed by atoms with van der Waals surface area (Å²) >= 11 is 0. The third-order valence-electron chi connectivity index (χ3n) is 4.42. The number of aromatic nitrogens is 1. The van der Waals surface area contributed by atoms with Crippen LogP contribution in [0.5, 0.6) is 0 Å². The smallest absolute Gasteiger partial charge is 0.0406 e. The van der Waals surface area contributed by atoms with Crippen molar-refractivity contribution in [2.75, 3.05) is 0 Å². The highest BCUT2D eigenvalue weighted by molar-refractivity contribution is 5.15. The van der Waals surface area contributed by atoms with Crippen LogP contribution in [0.4, 0.5) is 0 Å². The molecule has 0 amide bonds. The predicted octanol–water partition coefficient (Wildman–Crippen LogP) is 4.77. The summed E-state index contributed by atoms with van der Waals surface area (Å²) in [5.74, 6) is 0.813. The lowest BCUT2D eigenvalue weighted by atomic mass is 9.76. The number of hydrogen-bond donors (Lipinski definition) is 1. The van der Waals surface area contributed by atoms with Crippen molar-refractivity contribution in [2.24, 2.45) is 11.3 Å². The highest BCUT2D eigenvalue weighted by Crippen LogP contribution is 2.31. The summed E-state index contributed by atoms with van der Waals surface area (Å²) in [6.45, 7) is 13.6. The standard InChI is InChI=1S/C20H34N2/c1-19(2,3)10-9-15-7-8-17(21-14-15)11-16-12-18(13-16)22-20(4,5)6/h7-8,14,16,18,22H,9-13H2,1-6H3. The second-order valence-electron chi connectivity index (χ2n) is 9.35. The Kier molecular flexibility index (Phi) is 5.32. The molecular weight excluding hydrogens is 268 g/mol. The Morgan fingerprint density at radius 2 is 1.77 bits per heavy atom. The first-order valence-corrected chi connectivity index (χ1v) is 8.82. The zero-order valence-corrected chi connectivity index (χ0v) is 15.4. The Balaban J connectivity index is 1.74. The summed E-state index contributed by atoms with van der Waals surface area (Å²) in [5.41, 5.74) is 3.28. The van der Waals surface area contributed by atoms with Crippen LogP contribution in [0.25, 0.3) is 0 Å². The van der Waals surface area contributed by atoms with Gasteiger partial charge in [0, 0.05) is 23.5 Å². The first-order valence-electron chi connectivity index (χ1n) is 8.82. The van der Waals surface area contributed by atoms with Gasteiger partial charge in [-0.2, -0.15) is 0 Å². The maximum absolute atomic E-state index is 4.68. The van der Waals surface area contributed by atoms with Gasteiger partial charge in [0.1, 0.15) is 0 Å². The number of nitrogens with zero attached hydrogens (tertiary/aromatic N) is 1. The minimum absolute atomic E-state index is 0.239. The highest BCUT2D eigenvalue weighted by atomic mass is 15.0. The summed E-state index contributed by atoms with van der Waals surface area (Å²) < 4.78 is 0. The van der Waals surface area contributed by atoms with Gasteiger partial charge in [-0.15, -0.1) is 0 Å². The normalized spacial score (nSPS) is 22.5. The Morgan fingerprint density at radius 1 is 1.09 bits per heavy atom. The molecule has 0 saturated heterocycles. The van der Waals surface area contributed by atoms with Gasteiger partial charge in [-0.05, 0) is 75.8 Å². The van der Waals surface area contributed by atoms with Gasteiger partial charge in [-0.1, -0.05) is 26.8 Å². The van der Waals surface area contributed by atoms with Gasteiger partial charge >= 0.3 is 0 Å². The van der Waals surface area contributed by atoms with E-state index in [9.17, 15) is 0 Å². The molecule has 0 bridgehead atoms. The molecule has 124 valence electrons. The van der Waals surface area contributed by atoms with Gasteiger partial charge in [-0.25, -0.2) is 0 Å². The Labute approximate surface area is 137 Å². The number of rotatable bonds is 5. The third-order valence-corrected chi connectivity index (χ3v) is 4.42. The van der Waals surface area contributed by atoms with Crippen molar-refractivity contribution in [3.8, 4) is 0 Å². The molecule has 0 spiro atoms. The van der Waals surface area contributed by atoms with E-state index >= 15 is 0 Å². The molecule has 22 heavy (non-hydrogen) atoms. The van der Waals surface area contributed by atoms with Gasteiger partial charge in [0.15, 0.2) is 0 Å². The zero-order valence-electron chi connectivity index (χ0n) is 15.4. The summed E-state index contributed by atoms with van der Waals surface area (Å²) in [6.07, 6.45) is 8.18. The van der Waals surface area contributed by atoms with Crippen LogP contribution in [-0.2, 0) is 12.8 Å². The van der Waals surface area contributed by atoms with Gasteiger partial charge < -0.3 is 5.32 Å². The molecule has 1 aromatic rings. The SMILES string of the molecule is CC(C)(C)CCc1ccc(CC2CC(NC(C)(C)C)C2)nc1. The van der Waals surface area contributed by atoms with Crippen molar-refractivity contribution in [2.45, 2.75) is 85.2 Å². The van der Waals surface area contributed by atoms with E-state index in [0.717, 1.165) is 18.8 Å². The number of nitrogens with one attached hydrogen (secondary N) is 1. The molecule has 1 saturated carbocycles. The largest absolute Gasteiger partial charge is 0.309 e. The van der Waals surface area contributed by atoms with Crippen LogP contribution in [0, 0.1) is 11.3 Å². The quantitative estimate of drug-likeness (QED) is 0.847. The lowest BCUT2D eigenvalue weighted by molar-refractivity contribution is 0.184. The Morgan fingerprint density at radius 3 is 2.27 bits per heavy atom. The monoisotopic (exact) mass is 302 g/mol. The predicted molar refractivity (Wildman–Crippen MR) is 95.1 cm³/mol. The fourth-order valence-corrected chi connectivity index (χ4v) is 3.17. The molecule has 0 atom stereocenters. The molecular formula is C20H34N2. The van der Waals surface area contributed by atoms with Crippen LogP contribution in [0.2, 0.25) is 0 Å². The fourth-order valence-electron chi connectivity index (χ4n) is 3.17. The van der Waals surface area contributed by atoms with Crippen LogP contribution in [0.1, 0.15) is 72.1 Å². The van der Waals surface area contributed by atoms with Crippen molar-refractivity contribution in [3.05, 3.63) is 29.6 Å². The van der Waals surface area contributed by atoms with E-state index < -0.39 is 0 Å². The highest BCUT2D eigenvalue weighted by Gasteiger charge is 2.31. The van der Waals surface area contributed by atoms with Crippen molar-refractivity contribution < 1.29 is 0 Å². The zero-order chi connectivity index (χ0) is 16.4. The average molecular weight is 303 g/mol. The fraction of sp³-hybridized carbons (Fsp3) is 0.750. The molecule has 2 rings (SSSR count). The molecule has 1 aliphatic carbocycles. The summed E-state index contributed by atoms with van der Waals surface area (Å²) in [4.78, 5) is 4.68. The second kappa shape index (κ2) is 6.70. The van der Waals surface area contributed by atoms with Crippen molar-refractivity contribution in [1.29, 1.82) is 0 Å². The summed E-state index contributed by atoms with van der Waals surface area (Å²) in [6, 6.07) is 5.22. The number of aryl methyl sites for hydroxylation is 1. The van der Waals surface area contributed by atoms with Crippen molar-refractivity contribution in [1.82, 2.24) is 10.3 Å². The van der Waals surface area contributed by atoms with E-state index in [1.807, 2.05) is 0 Å². The maximum atomic E-state index is 4.68. The van der Waals surface area contributed by atoms with Crippen molar-refractivity contribution in [3.63, 3.8) is 0 Å². The first kappa shape index (κ1) is 17.5. The van der Waals surface area contributed by atoms with Gasteiger partial charge in [0.25, 0.3) is 0 Å². The van der Waals surface area contributed by atoms with Gasteiger partial charge in [-0.3, -0.25) is 4.98 Å². The molecule has 1 aliphatic rings. The van der Waals surface area contributed by atoms with Crippen LogP contribution < -0.4 is 5.32 Å². The van der Waals surface area contributed by atoms with E-state index in [0.29, 0.717) is 11.5 Å². The second-order valence-corrected chi connectivity index (χ2v) is 9.35. The van der Waals surface area contributed by atoms with Gasteiger partial charge in [0.05, 0.1) is 0 Å². The van der Waals surface area contributed by atoms with E-state index in [1.165, 1.54) is 30.5 Å². The average Bonchev–Trinajstić information content (AvgIpc) is 2.33. The molecule has 0 aromatic carbocycles. The van der Waals surface area contributed by atoms with E-state index in [-0.39, 0.29) is 5.54 Å². The maximum Gasteiger partial charge on any atom is 0.0406 e. The van der Waals surface area contributed by atoms with E-state index in [1.54, 1.807) is 0 Å². The molecule has 1 fully saturated rings. The Bertz CT molecular complexity index is 456. The summed E-state index contributed by atoms with van der Waals surface area (Å²) in [7, 11) is 0. The lowest BCUT2D eigenvalue weighted by Gasteiger charge is -2.40. The molecule has 0 radical (unpaired) electrons. The number of pyridine rings is 1. The topological polar surface area (TPSA) is 24.9 Å². The molecule has 0 unspecified atom stereocenters. The third kappa shape index (κ3) is 6.08. The molecule has 1 heterocycles. The first-order chi connectivity index (χ1) is 10.1. The Hall–Kier alpha value is -0.890. The van der Waals surface area contributed by atoms with Crippen LogP contribution >= 0.6 is 0 Å². The van der Waals surface area contributed by atoms with Gasteiger partial charge in [0.2, 0.25) is 0 Å². The van der Waals surface area contributed by atoms with E-state index in [2.05, 4.69) is 70.2 Å². The molecule has 2 heteroatoms. The molecule has 2 nitrogen and oxygen atoms in total. The molecule has 1 N–H and O–H groups in total. The molecule has 0 aliphatic heterocycles. The molecule has 1 aromatic heterocycles. The van der Waals surface area contributed by atoms with Crippen molar-refractivity contribution >= 4 is 0 Å². The lowest BCUT2D eigenvalue weighted by Crippen LogP contribution is -2.50. The van der Waals surface area contributed by atoms with Crippen LogP contribution in [0.3, 0.4) is 0 Å². The minimum Gasteiger partial charge on any atom is -0.309 e. The summed E-state index contributed by atoms with van der Waals surface area (Å²) in [5, 5.41) is 3.69. The van der Waals surface area contributed by atoms with Crippen LogP contribution in [0.15, 0.2) is 18.3 Å². The van der Waals surface area contributed by atoms with Crippen LogP contribution in [-0.4, -0.2) is 16.6 Å². The van der Waals surface area contributed by atoms with E-state index in [4.69, 9.17) is 0 Å².